The smallest absolute Gasteiger partial charge is 0.0739 e. The van der Waals surface area contributed by atoms with Gasteiger partial charge >= 0.3 is 0 Å². The molecule has 0 aromatic heterocycles. The molecule has 0 spiro atoms. The number of aryl methyl sites for hydroxylation is 3. The zero-order valence-corrected chi connectivity index (χ0v) is 19.5. The summed E-state index contributed by atoms with van der Waals surface area (Å²) < 4.78 is 0. The number of benzene rings is 3. The molecule has 0 unspecified atom stereocenters. The first-order chi connectivity index (χ1) is 15.3. The standard InChI is InChI=1S/C29H33NS/c1-2-3-4-5-6-7-10-24-13-15-25(16-14-24)17-18-26-11-8-9-12-29(26)27-19-21-28(22-20-27)30-23-31/h8-9,11-16,19-22H,2-7,10,17-18H2,1H3. The van der Waals surface area contributed by atoms with Crippen LogP contribution in [0, 0.1) is 0 Å². The van der Waals surface area contributed by atoms with E-state index in [-0.39, 0.29) is 0 Å². The Morgan fingerprint density at radius 3 is 2.03 bits per heavy atom. The fourth-order valence-corrected chi connectivity index (χ4v) is 4.15. The Hall–Kier alpha value is -2.54. The Bertz CT molecular complexity index is 966. The van der Waals surface area contributed by atoms with Crippen molar-refractivity contribution in [2.75, 3.05) is 0 Å². The van der Waals surface area contributed by atoms with Crippen molar-refractivity contribution in [1.29, 1.82) is 0 Å². The van der Waals surface area contributed by atoms with Gasteiger partial charge in [-0.2, -0.15) is 4.99 Å². The highest BCUT2D eigenvalue weighted by molar-refractivity contribution is 7.78. The summed E-state index contributed by atoms with van der Waals surface area (Å²) in [6.45, 7) is 2.27. The molecule has 3 aromatic rings. The molecule has 31 heavy (non-hydrogen) atoms. The molecule has 0 atom stereocenters. The second kappa shape index (κ2) is 13.0. The highest BCUT2D eigenvalue weighted by Gasteiger charge is 2.06. The normalized spacial score (nSPS) is 10.6. The molecule has 3 aromatic carbocycles. The quantitative estimate of drug-likeness (QED) is 0.160. The van der Waals surface area contributed by atoms with Gasteiger partial charge in [0.05, 0.1) is 10.8 Å². The van der Waals surface area contributed by atoms with E-state index in [1.54, 1.807) is 0 Å². The van der Waals surface area contributed by atoms with Crippen molar-refractivity contribution in [3.05, 3.63) is 89.5 Å². The predicted molar refractivity (Wildman–Crippen MR) is 137 cm³/mol. The van der Waals surface area contributed by atoms with E-state index in [1.165, 1.54) is 72.8 Å². The molecule has 0 fully saturated rings. The zero-order valence-electron chi connectivity index (χ0n) is 18.6. The van der Waals surface area contributed by atoms with Crippen molar-refractivity contribution in [1.82, 2.24) is 0 Å². The first kappa shape index (κ1) is 23.1. The average Bonchev–Trinajstić information content (AvgIpc) is 2.82. The fourth-order valence-electron chi connectivity index (χ4n) is 4.05. The van der Waals surface area contributed by atoms with Gasteiger partial charge in [-0.1, -0.05) is 99.7 Å². The lowest BCUT2D eigenvalue weighted by atomic mass is 9.94. The molecule has 3 rings (SSSR count). The summed E-state index contributed by atoms with van der Waals surface area (Å²) in [6, 6.07) is 26.2. The zero-order chi connectivity index (χ0) is 21.7. The van der Waals surface area contributed by atoms with E-state index in [0.717, 1.165) is 18.5 Å². The largest absolute Gasteiger partial charge is 0.195 e. The van der Waals surface area contributed by atoms with Gasteiger partial charge in [-0.05, 0) is 77.9 Å². The molecule has 1 nitrogen and oxygen atoms in total. The van der Waals surface area contributed by atoms with Crippen molar-refractivity contribution < 1.29 is 0 Å². The van der Waals surface area contributed by atoms with Crippen molar-refractivity contribution in [3.63, 3.8) is 0 Å². The van der Waals surface area contributed by atoms with Gasteiger partial charge in [0.15, 0.2) is 0 Å². The third kappa shape index (κ3) is 7.58. The van der Waals surface area contributed by atoms with Crippen LogP contribution in [0.15, 0.2) is 77.8 Å². The predicted octanol–water partition coefficient (Wildman–Crippen LogP) is 8.78. The highest BCUT2D eigenvalue weighted by atomic mass is 32.1. The maximum atomic E-state index is 4.69. The molecular weight excluding hydrogens is 394 g/mol. The minimum absolute atomic E-state index is 0.845. The molecule has 0 aliphatic heterocycles. The third-order valence-corrected chi connectivity index (χ3v) is 5.99. The van der Waals surface area contributed by atoms with Gasteiger partial charge in [-0.25, -0.2) is 0 Å². The maximum Gasteiger partial charge on any atom is 0.0739 e. The Morgan fingerprint density at radius 1 is 0.677 bits per heavy atom. The molecule has 0 aliphatic carbocycles. The van der Waals surface area contributed by atoms with Crippen LogP contribution in [0.2, 0.25) is 0 Å². The van der Waals surface area contributed by atoms with E-state index in [2.05, 4.69) is 77.7 Å². The van der Waals surface area contributed by atoms with Crippen LogP contribution in [0.5, 0.6) is 0 Å². The van der Waals surface area contributed by atoms with Crippen LogP contribution in [0.3, 0.4) is 0 Å². The van der Waals surface area contributed by atoms with Crippen molar-refractivity contribution in [2.45, 2.75) is 64.7 Å². The van der Waals surface area contributed by atoms with E-state index in [1.807, 2.05) is 12.1 Å². The molecule has 0 bridgehead atoms. The van der Waals surface area contributed by atoms with E-state index in [9.17, 15) is 0 Å². The van der Waals surface area contributed by atoms with Gasteiger partial charge in [-0.3, -0.25) is 0 Å². The average molecular weight is 428 g/mol. The van der Waals surface area contributed by atoms with E-state index >= 15 is 0 Å². The van der Waals surface area contributed by atoms with Crippen LogP contribution in [0.4, 0.5) is 5.69 Å². The number of rotatable bonds is 12. The van der Waals surface area contributed by atoms with Gasteiger partial charge in [0, 0.05) is 0 Å². The Kier molecular flexibility index (Phi) is 9.70. The summed E-state index contributed by atoms with van der Waals surface area (Å²) in [5, 5.41) is 2.43. The molecule has 0 aliphatic rings. The van der Waals surface area contributed by atoms with E-state index in [0.29, 0.717) is 0 Å². The Balaban J connectivity index is 1.55. The summed E-state index contributed by atoms with van der Waals surface area (Å²) in [4.78, 5) is 4.05. The molecule has 0 N–H and O–H groups in total. The van der Waals surface area contributed by atoms with Crippen molar-refractivity contribution in [2.24, 2.45) is 4.99 Å². The maximum absolute atomic E-state index is 4.69. The van der Waals surface area contributed by atoms with Crippen LogP contribution < -0.4 is 0 Å². The summed E-state index contributed by atoms with van der Waals surface area (Å²) in [5.41, 5.74) is 7.61. The van der Waals surface area contributed by atoms with Gasteiger partial charge in [0.25, 0.3) is 0 Å². The summed E-state index contributed by atoms with van der Waals surface area (Å²) in [7, 11) is 0. The molecule has 2 heteroatoms. The SMILES string of the molecule is CCCCCCCCc1ccc(CCc2ccccc2-c2ccc(N=C=S)cc2)cc1. The highest BCUT2D eigenvalue weighted by Crippen LogP contribution is 2.27. The van der Waals surface area contributed by atoms with Gasteiger partial charge < -0.3 is 0 Å². The molecular formula is C29H33NS. The molecule has 0 heterocycles. The molecule has 0 amide bonds. The van der Waals surface area contributed by atoms with Crippen LogP contribution in [0.1, 0.15) is 62.1 Å². The molecule has 160 valence electrons. The topological polar surface area (TPSA) is 12.4 Å². The number of nitrogens with zero attached hydrogens (tertiary/aromatic N) is 1. The minimum atomic E-state index is 0.845. The summed E-state index contributed by atoms with van der Waals surface area (Å²) in [6.07, 6.45) is 11.4. The van der Waals surface area contributed by atoms with E-state index in [4.69, 9.17) is 12.2 Å². The van der Waals surface area contributed by atoms with E-state index < -0.39 is 0 Å². The Labute approximate surface area is 193 Å². The number of unbranched alkanes of at least 4 members (excludes halogenated alkanes) is 5. The second-order valence-electron chi connectivity index (χ2n) is 8.24. The number of thiocarbonyl (C=S) groups is 1. The van der Waals surface area contributed by atoms with Crippen LogP contribution >= 0.6 is 12.2 Å². The van der Waals surface area contributed by atoms with Gasteiger partial charge in [0.2, 0.25) is 0 Å². The Morgan fingerprint density at radius 2 is 1.32 bits per heavy atom. The second-order valence-corrected chi connectivity index (χ2v) is 8.42. The lowest BCUT2D eigenvalue weighted by molar-refractivity contribution is 0.607. The van der Waals surface area contributed by atoms with Crippen molar-refractivity contribution in [3.8, 4) is 11.1 Å². The van der Waals surface area contributed by atoms with Crippen molar-refractivity contribution >= 4 is 23.1 Å². The summed E-state index contributed by atoms with van der Waals surface area (Å²) >= 11 is 4.69. The molecule has 0 radical (unpaired) electrons. The number of aliphatic imine (C=N–C) groups is 1. The van der Waals surface area contributed by atoms with Gasteiger partial charge in [-0.15, -0.1) is 0 Å². The monoisotopic (exact) mass is 427 g/mol. The first-order valence-electron chi connectivity index (χ1n) is 11.6. The number of hydrogen-bond acceptors (Lipinski definition) is 2. The minimum Gasteiger partial charge on any atom is -0.195 e. The lowest BCUT2D eigenvalue weighted by Gasteiger charge is -2.11. The number of hydrogen-bond donors (Lipinski definition) is 0. The van der Waals surface area contributed by atoms with Crippen LogP contribution in [0.25, 0.3) is 11.1 Å². The number of isothiocyanates is 1. The van der Waals surface area contributed by atoms with Crippen LogP contribution in [-0.4, -0.2) is 5.16 Å². The lowest BCUT2D eigenvalue weighted by Crippen LogP contribution is -1.95. The fraction of sp³-hybridized carbons (Fsp3) is 0.345. The molecule has 0 saturated heterocycles. The van der Waals surface area contributed by atoms with Crippen LogP contribution in [-0.2, 0) is 19.3 Å². The third-order valence-electron chi connectivity index (χ3n) is 5.90. The molecule has 0 saturated carbocycles. The van der Waals surface area contributed by atoms with Gasteiger partial charge in [0.1, 0.15) is 0 Å². The summed E-state index contributed by atoms with van der Waals surface area (Å²) in [5.74, 6) is 0. The first-order valence-corrected chi connectivity index (χ1v) is 12.0.